The monoisotopic (exact) mass is 1730 g/mol. The molecule has 0 rings (SSSR count). The molecule has 0 spiro atoms. The molecule has 0 fully saturated rings. The Morgan fingerprint density at radius 2 is 0.438 bits per heavy atom. The fourth-order valence-electron chi connectivity index (χ4n) is 13.1. The summed E-state index contributed by atoms with van der Waals surface area (Å²) < 4.78 is 61.5. The number of phosphoric acid groups is 2. The third kappa shape index (κ3) is 95.4. The van der Waals surface area contributed by atoms with Crippen LogP contribution in [0.5, 0.6) is 0 Å². The summed E-state index contributed by atoms with van der Waals surface area (Å²) >= 11 is 0. The molecule has 16 nitrogen and oxygen atoms in total. The maximum Gasteiger partial charge on any atom is 0.472 e. The third-order valence-electron chi connectivity index (χ3n) is 20.4. The Bertz CT molecular complexity index is 2880. The van der Waals surface area contributed by atoms with Crippen molar-refractivity contribution in [3.63, 3.8) is 0 Å². The van der Waals surface area contributed by atoms with Crippen molar-refractivity contribution >= 4 is 33.6 Å². The van der Waals surface area contributed by atoms with Crippen LogP contribution in [0.2, 0.25) is 0 Å². The number of ether oxygens (including phenoxy) is 3. The second-order valence-electron chi connectivity index (χ2n) is 32.1. The second kappa shape index (κ2) is 94.1. The largest absolute Gasteiger partial charge is 0.472 e. The van der Waals surface area contributed by atoms with Gasteiger partial charge in [0.2, 0.25) is 0 Å². The Morgan fingerprint density at radius 3 is 0.694 bits per heavy atom. The minimum absolute atomic E-state index is 0.0881. The molecule has 0 radical (unpaired) electrons. The summed E-state index contributed by atoms with van der Waals surface area (Å²) in [6.45, 7) is 2.47. The van der Waals surface area contributed by atoms with E-state index in [2.05, 4.69) is 191 Å². The van der Waals surface area contributed by atoms with Crippen molar-refractivity contribution in [2.45, 2.75) is 424 Å². The highest BCUT2D eigenvalue weighted by Crippen LogP contribution is 2.45. The first-order chi connectivity index (χ1) is 59.2. The summed E-state index contributed by atoms with van der Waals surface area (Å²) in [7, 11) is -9.81. The van der Waals surface area contributed by atoms with Gasteiger partial charge in [-0.05, 0) is 154 Å². The number of unbranched alkanes of at least 4 members (excludes halogenated alkanes) is 40. The molecule has 0 aliphatic carbocycles. The second-order valence-corrected chi connectivity index (χ2v) is 35.0. The quantitative estimate of drug-likeness (QED) is 0.0146. The number of aliphatic hydroxyl groups is 2. The van der Waals surface area contributed by atoms with Crippen LogP contribution in [0, 0.1) is 0 Å². The van der Waals surface area contributed by atoms with Crippen LogP contribution in [0.15, 0.2) is 170 Å². The molecule has 0 saturated carbocycles. The van der Waals surface area contributed by atoms with Gasteiger partial charge in [-0.3, -0.25) is 32.5 Å². The molecule has 0 bridgehead atoms. The lowest BCUT2D eigenvalue weighted by atomic mass is 10.0. The van der Waals surface area contributed by atoms with Gasteiger partial charge < -0.3 is 34.2 Å². The van der Waals surface area contributed by atoms with Crippen molar-refractivity contribution in [3.8, 4) is 0 Å². The zero-order valence-electron chi connectivity index (χ0n) is 76.6. The van der Waals surface area contributed by atoms with Crippen LogP contribution in [0.4, 0.5) is 0 Å². The molecule has 18 heteroatoms. The van der Waals surface area contributed by atoms with Crippen LogP contribution in [-0.2, 0) is 55.8 Å². The van der Waals surface area contributed by atoms with E-state index in [4.69, 9.17) is 32.3 Å². The summed E-state index contributed by atoms with van der Waals surface area (Å²) in [5, 5.41) is 20.8. The van der Waals surface area contributed by atoms with E-state index in [0.717, 1.165) is 167 Å². The van der Waals surface area contributed by atoms with Gasteiger partial charge in [0.25, 0.3) is 0 Å². The first kappa shape index (κ1) is 116. The first-order valence-electron chi connectivity index (χ1n) is 48.4. The van der Waals surface area contributed by atoms with Gasteiger partial charge >= 0.3 is 33.6 Å². The number of phosphoric ester groups is 2. The molecule has 0 heterocycles. The van der Waals surface area contributed by atoms with Crippen molar-refractivity contribution in [2.24, 2.45) is 0 Å². The number of aliphatic hydroxyl groups excluding tert-OH is 2. The minimum Gasteiger partial charge on any atom is -0.463 e. The van der Waals surface area contributed by atoms with Gasteiger partial charge in [0, 0.05) is 19.3 Å². The van der Waals surface area contributed by atoms with Gasteiger partial charge in [0.15, 0.2) is 6.10 Å². The minimum atomic E-state index is -4.95. The van der Waals surface area contributed by atoms with Crippen molar-refractivity contribution in [1.29, 1.82) is 0 Å². The van der Waals surface area contributed by atoms with E-state index < -0.39 is 91.5 Å². The lowest BCUT2D eigenvalue weighted by Gasteiger charge is -2.21. The lowest BCUT2D eigenvalue weighted by Crippen LogP contribution is -2.30. The molecule has 0 aromatic rings. The van der Waals surface area contributed by atoms with E-state index in [-0.39, 0.29) is 19.3 Å². The van der Waals surface area contributed by atoms with Crippen LogP contribution >= 0.6 is 15.6 Å². The van der Waals surface area contributed by atoms with Crippen LogP contribution in [0.1, 0.15) is 406 Å². The summed E-state index contributed by atoms with van der Waals surface area (Å²) in [6, 6.07) is 0. The number of hydrogen-bond donors (Lipinski definition) is 4. The topological polar surface area (TPSA) is 231 Å². The van der Waals surface area contributed by atoms with Crippen molar-refractivity contribution in [3.05, 3.63) is 170 Å². The molecule has 0 saturated heterocycles. The third-order valence-corrected chi connectivity index (χ3v) is 22.3. The van der Waals surface area contributed by atoms with E-state index in [1.165, 1.54) is 180 Å². The molecule has 5 unspecified atom stereocenters. The smallest absolute Gasteiger partial charge is 0.463 e. The van der Waals surface area contributed by atoms with E-state index in [1.54, 1.807) is 0 Å². The van der Waals surface area contributed by atoms with E-state index in [0.29, 0.717) is 19.3 Å². The van der Waals surface area contributed by atoms with Crippen LogP contribution in [-0.4, -0.2) is 95.9 Å². The number of carbonyl (C=O) groups excluding carboxylic acids is 3. The number of esters is 3. The van der Waals surface area contributed by atoms with Crippen molar-refractivity contribution in [1.82, 2.24) is 0 Å². The molecule has 5 atom stereocenters. The summed E-state index contributed by atoms with van der Waals surface area (Å²) in [4.78, 5) is 59.1. The van der Waals surface area contributed by atoms with Crippen LogP contribution < -0.4 is 0 Å². The van der Waals surface area contributed by atoms with Crippen LogP contribution in [0.25, 0.3) is 0 Å². The van der Waals surface area contributed by atoms with Gasteiger partial charge in [-0.25, -0.2) is 9.13 Å². The van der Waals surface area contributed by atoms with Gasteiger partial charge in [-0.2, -0.15) is 0 Å². The maximum absolute atomic E-state index is 13.1. The summed E-state index contributed by atoms with van der Waals surface area (Å²) in [6.07, 6.45) is 123. The fraction of sp³-hybridized carbons (Fsp3) is 0.699. The predicted molar refractivity (Wildman–Crippen MR) is 509 cm³/mol. The van der Waals surface area contributed by atoms with Gasteiger partial charge in [-0.15, -0.1) is 0 Å². The van der Waals surface area contributed by atoms with Gasteiger partial charge in [0.1, 0.15) is 25.4 Å². The molecule has 121 heavy (non-hydrogen) atoms. The normalized spacial score (nSPS) is 14.5. The molecule has 0 aliphatic rings. The zero-order valence-corrected chi connectivity index (χ0v) is 78.4. The molecule has 694 valence electrons. The molecular weight excluding hydrogens is 1560 g/mol. The molecule has 0 aliphatic heterocycles. The molecule has 0 amide bonds. The van der Waals surface area contributed by atoms with Crippen molar-refractivity contribution < 1.29 is 75.8 Å². The maximum atomic E-state index is 13.1. The molecule has 0 aromatic carbocycles. The highest BCUT2D eigenvalue weighted by Gasteiger charge is 2.30. The van der Waals surface area contributed by atoms with Gasteiger partial charge in [-0.1, -0.05) is 403 Å². The number of allylic oxidation sites excluding steroid dienone is 28. The molecule has 4 N–H and O–H groups in total. The van der Waals surface area contributed by atoms with Crippen molar-refractivity contribution in [2.75, 3.05) is 39.6 Å². The Kier molecular flexibility index (Phi) is 90.1. The number of rotatable bonds is 91. The molecule has 0 aromatic heterocycles. The van der Waals surface area contributed by atoms with E-state index >= 15 is 0 Å². The Labute approximate surface area is 739 Å². The Morgan fingerprint density at radius 1 is 0.240 bits per heavy atom. The highest BCUT2D eigenvalue weighted by atomic mass is 31.2. The Balaban J connectivity index is 4.51. The summed E-state index contributed by atoms with van der Waals surface area (Å²) in [5.74, 6) is -1.58. The number of hydrogen-bond acceptors (Lipinski definition) is 14. The van der Waals surface area contributed by atoms with Gasteiger partial charge in [0.05, 0.1) is 26.4 Å². The molecular formula is C103H176O16P2. The fourth-order valence-corrected chi connectivity index (χ4v) is 14.7. The van der Waals surface area contributed by atoms with E-state index in [1.807, 2.05) is 0 Å². The average molecular weight is 1730 g/mol. The summed E-state index contributed by atoms with van der Waals surface area (Å²) in [5.41, 5.74) is 0. The highest BCUT2D eigenvalue weighted by molar-refractivity contribution is 7.47. The first-order valence-corrected chi connectivity index (χ1v) is 51.4. The SMILES string of the molecule is CC/C=C\C/C=C\C/C=C\C/C=C\C/C=C\C/C=C\CCCCCCCCCCCCCCCCCCC(=O)OCC(O)COP(=O)(O)OCC(O)COP(=O)(O)OCC(COC(=O)CCCCCCCCCCCCCCCCC/C=C\C/C=C\C/C=C\C/C=C\C/C=C\CC)OC(=O)CCCCCCCC/C=C\C/C=C\C/C=C\CCCCC. The van der Waals surface area contributed by atoms with E-state index in [9.17, 15) is 43.5 Å². The van der Waals surface area contributed by atoms with Crippen LogP contribution in [0.3, 0.4) is 0 Å². The zero-order chi connectivity index (χ0) is 87.9. The standard InChI is InChI=1S/C103H176O16P2/c1-4-7-10-13-16-19-22-25-28-31-34-36-38-40-42-44-46-47-48-49-51-53-54-56-58-60-63-65-68-71-74-77-80-83-86-89-101(106)113-92-98(104)93-115-120(109,110)116-94-99(105)95-117-121(111,112)118-97-100(119-103(108)91-88-85-82-79-76-73-70-67-62-33-30-27-24-21-18-15-12-9-6-3)96-114-102(107)90-87-84-81-78-75-72-69-66-64-61-59-57-55-52-50-45-43-41-39-37-35-32-29-26-23-20-17-14-11-8-5-2/h7-8,10-11,16-21,25-30,34-37,40-43,46-47,62,67,98-100,104-105H,4-6,9,12-15,22-24,31-33,38-39,44-45,48-61,63-66,68-97H2,1-3H3,(H,109,110)(H,111,112)/b10-7-,11-8-,19-16-,20-17-,21-18-,28-25-,29-26-,30-27-,36-34-,37-35-,42-40-,43-41-,47-46-,67-62-. The average Bonchev–Trinajstić information content (AvgIpc) is 0.895. The lowest BCUT2D eigenvalue weighted by molar-refractivity contribution is -0.161. The Hall–Kier alpha value is -5.09. The predicted octanol–water partition coefficient (Wildman–Crippen LogP) is 30.2. The number of carbonyl (C=O) groups is 3.